The van der Waals surface area contributed by atoms with Crippen LogP contribution in [0.25, 0.3) is 0 Å². The fourth-order valence-electron chi connectivity index (χ4n) is 3.18. The van der Waals surface area contributed by atoms with Crippen molar-refractivity contribution in [2.45, 2.75) is 37.8 Å². The number of methoxy groups -OCH3 is 1. The smallest absolute Gasteiger partial charge is 0.407 e. The van der Waals surface area contributed by atoms with Crippen LogP contribution in [0.15, 0.2) is 60.7 Å². The van der Waals surface area contributed by atoms with Gasteiger partial charge in [-0.3, -0.25) is 9.32 Å². The van der Waals surface area contributed by atoms with Gasteiger partial charge >= 0.3 is 20.7 Å². The van der Waals surface area contributed by atoms with E-state index in [4.69, 9.17) is 14.0 Å². The van der Waals surface area contributed by atoms with E-state index < -0.39 is 20.8 Å². The molecule has 160 valence electrons. The summed E-state index contributed by atoms with van der Waals surface area (Å²) < 4.78 is 25.7. The quantitative estimate of drug-likeness (QED) is 0.299. The Morgan fingerprint density at radius 2 is 1.67 bits per heavy atom. The van der Waals surface area contributed by atoms with Crippen molar-refractivity contribution in [3.63, 3.8) is 0 Å². The van der Waals surface area contributed by atoms with Gasteiger partial charge in [0.05, 0.1) is 13.7 Å². The zero-order chi connectivity index (χ0) is 21.6. The van der Waals surface area contributed by atoms with Gasteiger partial charge in [0.25, 0.3) is 0 Å². The third-order valence-electron chi connectivity index (χ3n) is 4.69. The normalized spacial score (nSPS) is 12.7. The summed E-state index contributed by atoms with van der Waals surface area (Å²) in [7, 11) is 0.931. The summed E-state index contributed by atoms with van der Waals surface area (Å²) in [5.74, 6) is -0.525. The molecule has 2 aromatic carbocycles. The van der Waals surface area contributed by atoms with Gasteiger partial charge in [0.1, 0.15) is 6.61 Å². The Morgan fingerprint density at radius 1 is 1.00 bits per heavy atom. The minimum absolute atomic E-state index is 0.143. The molecular formula is C22H26NO6P. The van der Waals surface area contributed by atoms with Crippen molar-refractivity contribution in [1.29, 1.82) is 0 Å². The molecule has 2 unspecified atom stereocenters. The molecule has 30 heavy (non-hydrogen) atoms. The summed E-state index contributed by atoms with van der Waals surface area (Å²) in [5, 5.41) is 2.89. The van der Waals surface area contributed by atoms with Gasteiger partial charge in [-0.1, -0.05) is 60.7 Å². The lowest BCUT2D eigenvalue weighted by Gasteiger charge is -2.28. The Bertz CT molecular complexity index is 787. The number of rotatable bonds is 12. The third-order valence-corrected chi connectivity index (χ3v) is 4.98. The predicted octanol–water partition coefficient (Wildman–Crippen LogP) is 4.63. The van der Waals surface area contributed by atoms with Crippen molar-refractivity contribution in [3.8, 4) is 0 Å². The Labute approximate surface area is 178 Å². The van der Waals surface area contributed by atoms with Crippen molar-refractivity contribution >= 4 is 20.7 Å². The first-order valence-corrected chi connectivity index (χ1v) is 10.4. The highest BCUT2D eigenvalue weighted by Gasteiger charge is 2.26. The molecule has 2 atom stereocenters. The lowest BCUT2D eigenvalue weighted by molar-refractivity contribution is -0.140. The number of alkyl carbamates (subject to hydrolysis) is 1. The fourth-order valence-corrected chi connectivity index (χ4v) is 3.36. The minimum Gasteiger partial charge on any atom is -0.469 e. The summed E-state index contributed by atoms with van der Waals surface area (Å²) in [4.78, 5) is 24.2. The van der Waals surface area contributed by atoms with Crippen LogP contribution in [-0.2, 0) is 30.0 Å². The molecule has 0 bridgehead atoms. The van der Waals surface area contributed by atoms with Gasteiger partial charge < -0.3 is 14.8 Å². The number of ether oxygens (including phenoxy) is 2. The van der Waals surface area contributed by atoms with Gasteiger partial charge in [-0.25, -0.2) is 9.36 Å². The highest BCUT2D eigenvalue weighted by atomic mass is 31.1. The molecule has 0 aliphatic heterocycles. The van der Waals surface area contributed by atoms with Gasteiger partial charge in [0.2, 0.25) is 0 Å². The molecule has 0 aromatic heterocycles. The zero-order valence-electron chi connectivity index (χ0n) is 16.9. The number of amides is 1. The topological polar surface area (TPSA) is 90.9 Å². The van der Waals surface area contributed by atoms with Crippen LogP contribution in [0.5, 0.6) is 0 Å². The Balaban J connectivity index is 2.11. The predicted molar refractivity (Wildman–Crippen MR) is 112 cm³/mol. The lowest BCUT2D eigenvalue weighted by atomic mass is 9.86. The van der Waals surface area contributed by atoms with Gasteiger partial charge in [-0.05, 0) is 24.0 Å². The standard InChI is InChI=1S/C22H26NO6P/c1-27-21(24)13-12-20(23-22(25)28-16-17-8-4-2-5-9-17)19(14-15-29-30-26)18-10-6-3-7-11-18/h2-11,19-20H,12-16H2,1H3,(H,23,25). The number of benzene rings is 2. The number of hydrogen-bond donors (Lipinski definition) is 1. The van der Waals surface area contributed by atoms with Crippen molar-refractivity contribution in [2.75, 3.05) is 13.7 Å². The molecule has 0 saturated heterocycles. The van der Waals surface area contributed by atoms with Gasteiger partial charge in [-0.15, -0.1) is 0 Å². The molecule has 1 amide bonds. The minimum atomic E-state index is -0.572. The second-order valence-corrected chi connectivity index (χ2v) is 7.05. The Morgan fingerprint density at radius 3 is 2.30 bits per heavy atom. The molecule has 0 saturated carbocycles. The fraction of sp³-hybridized carbons (Fsp3) is 0.364. The molecule has 0 aliphatic carbocycles. The molecule has 1 N–H and O–H groups in total. The van der Waals surface area contributed by atoms with E-state index in [1.807, 2.05) is 60.7 Å². The summed E-state index contributed by atoms with van der Waals surface area (Å²) in [6.45, 7) is 0.380. The average molecular weight is 431 g/mol. The first-order valence-electron chi connectivity index (χ1n) is 9.67. The molecule has 0 radical (unpaired) electrons. The van der Waals surface area contributed by atoms with Crippen LogP contribution in [0.2, 0.25) is 0 Å². The first-order chi connectivity index (χ1) is 14.6. The van der Waals surface area contributed by atoms with E-state index in [-0.39, 0.29) is 31.5 Å². The highest BCUT2D eigenvalue weighted by molar-refractivity contribution is 7.17. The van der Waals surface area contributed by atoms with Crippen LogP contribution in [0.1, 0.15) is 36.3 Å². The van der Waals surface area contributed by atoms with Gasteiger partial charge in [-0.2, -0.15) is 0 Å². The van der Waals surface area contributed by atoms with E-state index in [1.54, 1.807) is 0 Å². The van der Waals surface area contributed by atoms with Gasteiger partial charge in [0.15, 0.2) is 0 Å². The maximum atomic E-state index is 12.5. The maximum Gasteiger partial charge on any atom is 0.407 e. The van der Waals surface area contributed by atoms with Crippen molar-refractivity contribution in [1.82, 2.24) is 5.32 Å². The average Bonchev–Trinajstić information content (AvgIpc) is 2.79. The van der Waals surface area contributed by atoms with Crippen molar-refractivity contribution in [3.05, 3.63) is 71.8 Å². The van der Waals surface area contributed by atoms with Crippen LogP contribution in [0, 0.1) is 0 Å². The number of carbonyl (C=O) groups excluding carboxylic acids is 2. The van der Waals surface area contributed by atoms with E-state index in [2.05, 4.69) is 5.32 Å². The maximum absolute atomic E-state index is 12.5. The van der Waals surface area contributed by atoms with Crippen LogP contribution in [0.3, 0.4) is 0 Å². The van der Waals surface area contributed by atoms with Gasteiger partial charge in [0, 0.05) is 18.4 Å². The monoisotopic (exact) mass is 431 g/mol. The molecule has 8 heteroatoms. The van der Waals surface area contributed by atoms with E-state index in [1.165, 1.54) is 7.11 Å². The molecule has 0 fully saturated rings. The third kappa shape index (κ3) is 8.31. The summed E-state index contributed by atoms with van der Waals surface area (Å²) >= 11 is 0. The number of nitrogens with one attached hydrogen (secondary N) is 1. The molecule has 2 rings (SSSR count). The number of esters is 1. The molecule has 7 nitrogen and oxygen atoms in total. The molecule has 0 heterocycles. The molecule has 2 aromatic rings. The number of hydrogen-bond acceptors (Lipinski definition) is 6. The molecule has 0 aliphatic rings. The SMILES string of the molecule is COC(=O)CCC(NC(=O)OCc1ccccc1)C(CCOP=O)c1ccccc1. The first kappa shape index (κ1) is 23.5. The van der Waals surface area contributed by atoms with Crippen LogP contribution >= 0.6 is 8.69 Å². The highest BCUT2D eigenvalue weighted by Crippen LogP contribution is 2.27. The van der Waals surface area contributed by atoms with Crippen LogP contribution in [0.4, 0.5) is 4.79 Å². The van der Waals surface area contributed by atoms with E-state index in [9.17, 15) is 14.2 Å². The Kier molecular flexibility index (Phi) is 10.6. The van der Waals surface area contributed by atoms with Crippen molar-refractivity contribution in [2.24, 2.45) is 0 Å². The van der Waals surface area contributed by atoms with Crippen LogP contribution < -0.4 is 5.32 Å². The summed E-state index contributed by atoms with van der Waals surface area (Å²) in [5.41, 5.74) is 1.85. The Hall–Kier alpha value is -2.76. The van der Waals surface area contributed by atoms with Crippen LogP contribution in [-0.4, -0.2) is 31.8 Å². The van der Waals surface area contributed by atoms with E-state index in [0.29, 0.717) is 12.8 Å². The van der Waals surface area contributed by atoms with Crippen molar-refractivity contribution < 1.29 is 28.2 Å². The molecular weight excluding hydrogens is 405 g/mol. The summed E-state index contributed by atoms with van der Waals surface area (Å²) in [6, 6.07) is 18.6. The lowest BCUT2D eigenvalue weighted by Crippen LogP contribution is -2.40. The molecule has 0 spiro atoms. The zero-order valence-corrected chi connectivity index (χ0v) is 17.8. The second-order valence-electron chi connectivity index (χ2n) is 6.64. The summed E-state index contributed by atoms with van der Waals surface area (Å²) in [6.07, 6.45) is 0.438. The second kappa shape index (κ2) is 13.5. The largest absolute Gasteiger partial charge is 0.469 e. The van der Waals surface area contributed by atoms with E-state index in [0.717, 1.165) is 11.1 Å². The number of carbonyl (C=O) groups is 2. The van der Waals surface area contributed by atoms with E-state index >= 15 is 0 Å².